The van der Waals surface area contributed by atoms with Crippen LogP contribution in [0.1, 0.15) is 16.7 Å². The average Bonchev–Trinajstić information content (AvgIpc) is 2.57. The molecule has 3 rings (SSSR count). The van der Waals surface area contributed by atoms with Crippen molar-refractivity contribution in [2.24, 2.45) is 0 Å². The summed E-state index contributed by atoms with van der Waals surface area (Å²) in [4.78, 5) is 2.59. The molecular formula is C19H23ClN2O2S. The van der Waals surface area contributed by atoms with E-state index in [1.807, 2.05) is 51.1 Å². The van der Waals surface area contributed by atoms with Gasteiger partial charge in [-0.05, 0) is 50.1 Å². The summed E-state index contributed by atoms with van der Waals surface area (Å²) in [7, 11) is -3.45. The largest absolute Gasteiger partial charge is 0.369 e. The highest BCUT2D eigenvalue weighted by Gasteiger charge is 2.29. The zero-order valence-electron chi connectivity index (χ0n) is 14.8. The summed E-state index contributed by atoms with van der Waals surface area (Å²) in [6, 6.07) is 11.5. The molecule has 0 radical (unpaired) electrons. The number of benzene rings is 2. The molecule has 0 N–H and O–H groups in total. The molecule has 2 aromatic carbocycles. The molecule has 4 nitrogen and oxygen atoms in total. The zero-order valence-corrected chi connectivity index (χ0v) is 16.4. The second-order valence-electron chi connectivity index (χ2n) is 6.59. The molecule has 0 unspecified atom stereocenters. The molecule has 1 heterocycles. The van der Waals surface area contributed by atoms with Crippen LogP contribution in [0.2, 0.25) is 5.02 Å². The topological polar surface area (TPSA) is 40.6 Å². The normalized spacial score (nSPS) is 16.2. The lowest BCUT2D eigenvalue weighted by Crippen LogP contribution is -2.48. The summed E-state index contributed by atoms with van der Waals surface area (Å²) >= 11 is 6.21. The highest BCUT2D eigenvalue weighted by molar-refractivity contribution is 7.89. The van der Waals surface area contributed by atoms with Crippen LogP contribution in [0, 0.1) is 20.8 Å². The summed E-state index contributed by atoms with van der Waals surface area (Å²) in [5.74, 6) is 0. The predicted octanol–water partition coefficient (Wildman–Crippen LogP) is 3.78. The second-order valence-corrected chi connectivity index (χ2v) is 8.91. The highest BCUT2D eigenvalue weighted by Crippen LogP contribution is 2.26. The molecule has 0 bridgehead atoms. The molecule has 6 heteroatoms. The van der Waals surface area contributed by atoms with E-state index in [0.717, 1.165) is 27.4 Å². The first kappa shape index (κ1) is 18.2. The van der Waals surface area contributed by atoms with Crippen LogP contribution in [0.15, 0.2) is 41.3 Å². The Bertz CT molecular complexity index is 888. The second kappa shape index (κ2) is 6.98. The molecule has 0 aromatic heterocycles. The average molecular weight is 379 g/mol. The number of hydrogen-bond donors (Lipinski definition) is 0. The third kappa shape index (κ3) is 3.68. The van der Waals surface area contributed by atoms with Crippen LogP contribution in [-0.4, -0.2) is 38.9 Å². The van der Waals surface area contributed by atoms with Crippen LogP contribution in [0.3, 0.4) is 0 Å². The fraction of sp³-hybridized carbons (Fsp3) is 0.368. The van der Waals surface area contributed by atoms with Crippen LogP contribution in [0.5, 0.6) is 0 Å². The van der Waals surface area contributed by atoms with Gasteiger partial charge < -0.3 is 4.90 Å². The van der Waals surface area contributed by atoms with E-state index in [4.69, 9.17) is 11.6 Å². The van der Waals surface area contributed by atoms with Crippen molar-refractivity contribution in [2.75, 3.05) is 31.1 Å². The molecule has 0 amide bonds. The maximum absolute atomic E-state index is 12.9. The van der Waals surface area contributed by atoms with Gasteiger partial charge in [-0.3, -0.25) is 0 Å². The number of rotatable bonds is 3. The fourth-order valence-corrected chi connectivity index (χ4v) is 5.00. The molecule has 0 atom stereocenters. The smallest absolute Gasteiger partial charge is 0.243 e. The Balaban J connectivity index is 1.76. The third-order valence-electron chi connectivity index (χ3n) is 4.71. The molecular weight excluding hydrogens is 356 g/mol. The van der Waals surface area contributed by atoms with E-state index in [1.165, 1.54) is 0 Å². The number of anilines is 1. The summed E-state index contributed by atoms with van der Waals surface area (Å²) in [5, 5.41) is 0.739. The molecule has 134 valence electrons. The van der Waals surface area contributed by atoms with Gasteiger partial charge in [0.2, 0.25) is 10.0 Å². The molecule has 1 saturated heterocycles. The van der Waals surface area contributed by atoms with Crippen LogP contribution in [0.25, 0.3) is 0 Å². The minimum Gasteiger partial charge on any atom is -0.369 e. The first-order valence-electron chi connectivity index (χ1n) is 8.37. The van der Waals surface area contributed by atoms with Crippen molar-refractivity contribution in [2.45, 2.75) is 25.7 Å². The molecule has 1 fully saturated rings. The summed E-state index contributed by atoms with van der Waals surface area (Å²) in [6.07, 6.45) is 0. The SMILES string of the molecule is Cc1ccc(S(=O)(=O)N2CCN(c3ccc(C)c(Cl)c3)CC2)c(C)c1. The van der Waals surface area contributed by atoms with Gasteiger partial charge in [-0.15, -0.1) is 0 Å². The summed E-state index contributed by atoms with van der Waals surface area (Å²) < 4.78 is 27.5. The first-order valence-corrected chi connectivity index (χ1v) is 10.2. The lowest BCUT2D eigenvalue weighted by molar-refractivity contribution is 0.384. The van der Waals surface area contributed by atoms with E-state index >= 15 is 0 Å². The number of halogens is 1. The predicted molar refractivity (Wildman–Crippen MR) is 103 cm³/mol. The molecule has 1 aliphatic rings. The van der Waals surface area contributed by atoms with Crippen molar-refractivity contribution >= 4 is 27.3 Å². The van der Waals surface area contributed by atoms with Gasteiger partial charge in [0.25, 0.3) is 0 Å². The zero-order chi connectivity index (χ0) is 18.2. The molecule has 0 spiro atoms. The van der Waals surface area contributed by atoms with Crippen molar-refractivity contribution in [3.05, 3.63) is 58.1 Å². The van der Waals surface area contributed by atoms with Crippen molar-refractivity contribution in [3.63, 3.8) is 0 Å². The van der Waals surface area contributed by atoms with Gasteiger partial charge >= 0.3 is 0 Å². The van der Waals surface area contributed by atoms with Crippen molar-refractivity contribution in [1.29, 1.82) is 0 Å². The number of piperazine rings is 1. The Hall–Kier alpha value is -1.56. The Morgan fingerprint density at radius 3 is 2.16 bits per heavy atom. The van der Waals surface area contributed by atoms with E-state index in [0.29, 0.717) is 31.1 Å². The summed E-state index contributed by atoms with van der Waals surface area (Å²) in [5.41, 5.74) is 3.95. The quantitative estimate of drug-likeness (QED) is 0.816. The number of aryl methyl sites for hydroxylation is 3. The Morgan fingerprint density at radius 2 is 1.56 bits per heavy atom. The molecule has 2 aromatic rings. The number of nitrogens with zero attached hydrogens (tertiary/aromatic N) is 2. The lowest BCUT2D eigenvalue weighted by Gasteiger charge is -2.35. The van der Waals surface area contributed by atoms with E-state index in [9.17, 15) is 8.42 Å². The minimum absolute atomic E-state index is 0.407. The summed E-state index contributed by atoms with van der Waals surface area (Å²) in [6.45, 7) is 8.05. The molecule has 0 saturated carbocycles. The van der Waals surface area contributed by atoms with Crippen molar-refractivity contribution in [3.8, 4) is 0 Å². The van der Waals surface area contributed by atoms with Gasteiger partial charge in [-0.2, -0.15) is 4.31 Å². The highest BCUT2D eigenvalue weighted by atomic mass is 35.5. The van der Waals surface area contributed by atoms with E-state index < -0.39 is 10.0 Å². The van der Waals surface area contributed by atoms with Crippen LogP contribution in [0.4, 0.5) is 5.69 Å². The first-order chi connectivity index (χ1) is 11.8. The van der Waals surface area contributed by atoms with Gasteiger partial charge in [0.15, 0.2) is 0 Å². The van der Waals surface area contributed by atoms with Crippen molar-refractivity contribution < 1.29 is 8.42 Å². The van der Waals surface area contributed by atoms with Crippen LogP contribution >= 0.6 is 11.6 Å². The Morgan fingerprint density at radius 1 is 0.880 bits per heavy atom. The van der Waals surface area contributed by atoms with Gasteiger partial charge in [0, 0.05) is 36.9 Å². The number of hydrogen-bond acceptors (Lipinski definition) is 3. The molecule has 25 heavy (non-hydrogen) atoms. The third-order valence-corrected chi connectivity index (χ3v) is 7.17. The lowest BCUT2D eigenvalue weighted by atomic mass is 10.2. The van der Waals surface area contributed by atoms with E-state index in [1.54, 1.807) is 10.4 Å². The number of sulfonamides is 1. The van der Waals surface area contributed by atoms with E-state index in [2.05, 4.69) is 4.90 Å². The van der Waals surface area contributed by atoms with Gasteiger partial charge in [0.05, 0.1) is 4.90 Å². The minimum atomic E-state index is -3.45. The monoisotopic (exact) mass is 378 g/mol. The maximum Gasteiger partial charge on any atom is 0.243 e. The van der Waals surface area contributed by atoms with Crippen molar-refractivity contribution in [1.82, 2.24) is 4.31 Å². The molecule has 1 aliphatic heterocycles. The Kier molecular flexibility index (Phi) is 5.09. The Labute approximate surface area is 155 Å². The maximum atomic E-state index is 12.9. The molecule has 0 aliphatic carbocycles. The fourth-order valence-electron chi connectivity index (χ4n) is 3.19. The van der Waals surface area contributed by atoms with Crippen LogP contribution < -0.4 is 4.90 Å². The van der Waals surface area contributed by atoms with Gasteiger partial charge in [-0.25, -0.2) is 8.42 Å². The van der Waals surface area contributed by atoms with Gasteiger partial charge in [-0.1, -0.05) is 35.4 Å². The van der Waals surface area contributed by atoms with E-state index in [-0.39, 0.29) is 0 Å². The standard InChI is InChI=1S/C19H23ClN2O2S/c1-14-4-7-19(16(3)12-14)25(23,24)22-10-8-21(9-11-22)17-6-5-15(2)18(20)13-17/h4-7,12-13H,8-11H2,1-3H3. The van der Waals surface area contributed by atoms with Crippen LogP contribution in [-0.2, 0) is 10.0 Å². The van der Waals surface area contributed by atoms with Gasteiger partial charge in [0.1, 0.15) is 0 Å².